The summed E-state index contributed by atoms with van der Waals surface area (Å²) in [5.41, 5.74) is 5.30. The van der Waals surface area contributed by atoms with E-state index in [0.717, 1.165) is 13.1 Å². The van der Waals surface area contributed by atoms with Gasteiger partial charge in [0, 0.05) is 25.3 Å². The van der Waals surface area contributed by atoms with Crippen LogP contribution in [0.4, 0.5) is 5.69 Å². The van der Waals surface area contributed by atoms with E-state index in [2.05, 4.69) is 86.6 Å². The van der Waals surface area contributed by atoms with Crippen molar-refractivity contribution in [2.75, 3.05) is 18.5 Å². The maximum atomic E-state index is 3.50. The summed E-state index contributed by atoms with van der Waals surface area (Å²) in [6.07, 6.45) is 0. The molecule has 1 unspecified atom stereocenters. The SMILES string of the molecule is CCNC(C)c1ccccc1N(C)Cc1ccc(C)cc1. The van der Waals surface area contributed by atoms with Crippen LogP contribution in [0.1, 0.15) is 36.6 Å². The normalized spacial score (nSPS) is 12.2. The Morgan fingerprint density at radius 1 is 1.05 bits per heavy atom. The number of nitrogens with one attached hydrogen (secondary N) is 1. The van der Waals surface area contributed by atoms with Crippen molar-refractivity contribution in [1.82, 2.24) is 5.32 Å². The molecule has 1 atom stereocenters. The fourth-order valence-electron chi connectivity index (χ4n) is 2.67. The smallest absolute Gasteiger partial charge is 0.0426 e. The van der Waals surface area contributed by atoms with Gasteiger partial charge in [0.2, 0.25) is 0 Å². The Bertz CT molecular complexity index is 560. The summed E-state index contributed by atoms with van der Waals surface area (Å²) in [6.45, 7) is 8.41. The minimum atomic E-state index is 0.367. The first-order valence-corrected chi connectivity index (χ1v) is 7.70. The van der Waals surface area contributed by atoms with E-state index in [1.54, 1.807) is 0 Å². The van der Waals surface area contributed by atoms with E-state index in [0.29, 0.717) is 6.04 Å². The molecular formula is C19H26N2. The first-order chi connectivity index (χ1) is 10.1. The molecule has 0 radical (unpaired) electrons. The van der Waals surface area contributed by atoms with Gasteiger partial charge in [-0.1, -0.05) is 55.0 Å². The summed E-state index contributed by atoms with van der Waals surface area (Å²) in [5, 5.41) is 3.50. The highest BCUT2D eigenvalue weighted by molar-refractivity contribution is 5.54. The number of benzene rings is 2. The van der Waals surface area contributed by atoms with Crippen LogP contribution in [0.25, 0.3) is 0 Å². The predicted molar refractivity (Wildman–Crippen MR) is 91.8 cm³/mol. The molecule has 0 saturated carbocycles. The number of para-hydroxylation sites is 1. The van der Waals surface area contributed by atoms with Crippen LogP contribution in [0.3, 0.4) is 0 Å². The monoisotopic (exact) mass is 282 g/mol. The highest BCUT2D eigenvalue weighted by Crippen LogP contribution is 2.26. The molecule has 0 saturated heterocycles. The summed E-state index contributed by atoms with van der Waals surface area (Å²) in [5.74, 6) is 0. The Hall–Kier alpha value is -1.80. The van der Waals surface area contributed by atoms with Crippen molar-refractivity contribution in [2.45, 2.75) is 33.4 Å². The maximum Gasteiger partial charge on any atom is 0.0426 e. The minimum absolute atomic E-state index is 0.367. The first-order valence-electron chi connectivity index (χ1n) is 7.70. The lowest BCUT2D eigenvalue weighted by Gasteiger charge is -2.25. The van der Waals surface area contributed by atoms with Crippen molar-refractivity contribution in [1.29, 1.82) is 0 Å². The molecule has 2 aromatic carbocycles. The van der Waals surface area contributed by atoms with Crippen LogP contribution in [-0.2, 0) is 6.54 Å². The first kappa shape index (κ1) is 15.6. The molecule has 0 heterocycles. The van der Waals surface area contributed by atoms with Crippen molar-refractivity contribution >= 4 is 5.69 Å². The molecule has 2 aromatic rings. The molecule has 112 valence electrons. The number of anilines is 1. The second-order valence-corrected chi connectivity index (χ2v) is 5.68. The van der Waals surface area contributed by atoms with Crippen molar-refractivity contribution < 1.29 is 0 Å². The second kappa shape index (κ2) is 7.28. The highest BCUT2D eigenvalue weighted by atomic mass is 15.1. The van der Waals surface area contributed by atoms with Crippen LogP contribution in [0.5, 0.6) is 0 Å². The molecule has 0 amide bonds. The van der Waals surface area contributed by atoms with Crippen LogP contribution in [0.2, 0.25) is 0 Å². The largest absolute Gasteiger partial charge is 0.370 e. The summed E-state index contributed by atoms with van der Waals surface area (Å²) >= 11 is 0. The average Bonchev–Trinajstić information content (AvgIpc) is 2.50. The molecule has 0 aliphatic carbocycles. The quantitative estimate of drug-likeness (QED) is 0.849. The van der Waals surface area contributed by atoms with E-state index < -0.39 is 0 Å². The van der Waals surface area contributed by atoms with Gasteiger partial charge in [-0.05, 0) is 37.6 Å². The van der Waals surface area contributed by atoms with E-state index in [-0.39, 0.29) is 0 Å². The van der Waals surface area contributed by atoms with Crippen LogP contribution >= 0.6 is 0 Å². The number of hydrogen-bond donors (Lipinski definition) is 1. The summed E-state index contributed by atoms with van der Waals surface area (Å²) in [4.78, 5) is 2.33. The third kappa shape index (κ3) is 4.08. The van der Waals surface area contributed by atoms with Gasteiger partial charge in [-0.25, -0.2) is 0 Å². The van der Waals surface area contributed by atoms with E-state index in [1.165, 1.54) is 22.4 Å². The third-order valence-electron chi connectivity index (χ3n) is 3.87. The molecule has 2 rings (SSSR count). The average molecular weight is 282 g/mol. The van der Waals surface area contributed by atoms with E-state index in [9.17, 15) is 0 Å². The number of aryl methyl sites for hydroxylation is 1. The van der Waals surface area contributed by atoms with Gasteiger partial charge < -0.3 is 10.2 Å². The minimum Gasteiger partial charge on any atom is -0.370 e. The number of rotatable bonds is 6. The summed E-state index contributed by atoms with van der Waals surface area (Å²) in [6, 6.07) is 17.8. The zero-order valence-electron chi connectivity index (χ0n) is 13.6. The molecular weight excluding hydrogens is 256 g/mol. The molecule has 0 spiro atoms. The van der Waals surface area contributed by atoms with Gasteiger partial charge in [0.15, 0.2) is 0 Å². The second-order valence-electron chi connectivity index (χ2n) is 5.68. The van der Waals surface area contributed by atoms with E-state index >= 15 is 0 Å². The van der Waals surface area contributed by atoms with Crippen molar-refractivity contribution in [3.05, 3.63) is 65.2 Å². The Morgan fingerprint density at radius 2 is 1.71 bits per heavy atom. The zero-order valence-corrected chi connectivity index (χ0v) is 13.6. The van der Waals surface area contributed by atoms with Crippen molar-refractivity contribution in [2.24, 2.45) is 0 Å². The number of hydrogen-bond acceptors (Lipinski definition) is 2. The van der Waals surface area contributed by atoms with Gasteiger partial charge in [0.25, 0.3) is 0 Å². The Morgan fingerprint density at radius 3 is 2.38 bits per heavy atom. The van der Waals surface area contributed by atoms with Gasteiger partial charge in [0.1, 0.15) is 0 Å². The molecule has 2 heteroatoms. The van der Waals surface area contributed by atoms with E-state index in [1.807, 2.05) is 0 Å². The van der Waals surface area contributed by atoms with Gasteiger partial charge in [-0.2, -0.15) is 0 Å². The lowest BCUT2D eigenvalue weighted by molar-refractivity contribution is 0.597. The van der Waals surface area contributed by atoms with Crippen molar-refractivity contribution in [3.63, 3.8) is 0 Å². The molecule has 2 nitrogen and oxygen atoms in total. The molecule has 0 bridgehead atoms. The van der Waals surface area contributed by atoms with Gasteiger partial charge >= 0.3 is 0 Å². The van der Waals surface area contributed by atoms with Crippen LogP contribution < -0.4 is 10.2 Å². The lowest BCUT2D eigenvalue weighted by atomic mass is 10.0. The standard InChI is InChI=1S/C19H26N2/c1-5-20-16(3)18-8-6-7-9-19(18)21(4)14-17-12-10-15(2)11-13-17/h6-13,16,20H,5,14H2,1-4H3. The Balaban J connectivity index is 2.18. The third-order valence-corrected chi connectivity index (χ3v) is 3.87. The summed E-state index contributed by atoms with van der Waals surface area (Å²) < 4.78 is 0. The fraction of sp³-hybridized carbons (Fsp3) is 0.368. The van der Waals surface area contributed by atoms with E-state index in [4.69, 9.17) is 0 Å². The molecule has 21 heavy (non-hydrogen) atoms. The van der Waals surface area contributed by atoms with Gasteiger partial charge in [0.05, 0.1) is 0 Å². The summed E-state index contributed by atoms with van der Waals surface area (Å²) in [7, 11) is 2.16. The fourth-order valence-corrected chi connectivity index (χ4v) is 2.67. The predicted octanol–water partition coefficient (Wildman–Crippen LogP) is 4.30. The van der Waals surface area contributed by atoms with Crippen LogP contribution in [0.15, 0.2) is 48.5 Å². The molecule has 0 aliphatic rings. The van der Waals surface area contributed by atoms with Crippen LogP contribution in [-0.4, -0.2) is 13.6 Å². The van der Waals surface area contributed by atoms with Gasteiger partial charge in [-0.15, -0.1) is 0 Å². The molecule has 0 aliphatic heterocycles. The number of nitrogens with zero attached hydrogens (tertiary/aromatic N) is 1. The highest BCUT2D eigenvalue weighted by Gasteiger charge is 2.12. The molecule has 0 aromatic heterocycles. The lowest BCUT2D eigenvalue weighted by Crippen LogP contribution is -2.23. The van der Waals surface area contributed by atoms with Gasteiger partial charge in [-0.3, -0.25) is 0 Å². The van der Waals surface area contributed by atoms with Crippen molar-refractivity contribution in [3.8, 4) is 0 Å². The topological polar surface area (TPSA) is 15.3 Å². The Kier molecular flexibility index (Phi) is 5.40. The zero-order chi connectivity index (χ0) is 15.2. The molecule has 0 fully saturated rings. The Labute approximate surface area is 128 Å². The molecule has 1 N–H and O–H groups in total. The van der Waals surface area contributed by atoms with Crippen LogP contribution in [0, 0.1) is 6.92 Å². The maximum absolute atomic E-state index is 3.50.